The third-order valence-electron chi connectivity index (χ3n) is 10.3. The van der Waals surface area contributed by atoms with Gasteiger partial charge in [-0.15, -0.1) is 0 Å². The highest BCUT2D eigenvalue weighted by atomic mass is 16.5. The number of aryl methyl sites for hydroxylation is 1. The molecule has 310 valence electrons. The Hall–Kier alpha value is -5.62. The Morgan fingerprint density at radius 3 is 2.22 bits per heavy atom. The summed E-state index contributed by atoms with van der Waals surface area (Å²) in [7, 11) is 3.07. The molecule has 58 heavy (non-hydrogen) atoms. The van der Waals surface area contributed by atoms with Gasteiger partial charge >= 0.3 is 0 Å². The molecule has 0 radical (unpaired) electrons. The first-order valence-electron chi connectivity index (χ1n) is 19.7. The molecule has 14 nitrogen and oxygen atoms in total. The van der Waals surface area contributed by atoms with Gasteiger partial charge < -0.3 is 41.6 Å². The van der Waals surface area contributed by atoms with Crippen LogP contribution >= 0.6 is 0 Å². The Balaban J connectivity index is 1.88. The lowest BCUT2D eigenvalue weighted by molar-refractivity contribution is -0.142. The number of hydrogen-bond acceptors (Lipinski definition) is 12. The lowest BCUT2D eigenvalue weighted by Crippen LogP contribution is -2.45. The van der Waals surface area contributed by atoms with Gasteiger partial charge in [0.2, 0.25) is 11.8 Å². The van der Waals surface area contributed by atoms with Gasteiger partial charge in [0.05, 0.1) is 19.2 Å². The number of nitrogens with one attached hydrogen (secondary N) is 1. The average Bonchev–Trinajstić information content (AvgIpc) is 3.21. The van der Waals surface area contributed by atoms with E-state index in [9.17, 15) is 29.2 Å². The molecule has 4 atom stereocenters. The quantitative estimate of drug-likeness (QED) is 0.134. The van der Waals surface area contributed by atoms with Gasteiger partial charge in [0.25, 0.3) is 0 Å². The fourth-order valence-corrected chi connectivity index (χ4v) is 7.21. The van der Waals surface area contributed by atoms with Crippen LogP contribution in [0.3, 0.4) is 0 Å². The highest BCUT2D eigenvalue weighted by molar-refractivity contribution is 6.01. The van der Waals surface area contributed by atoms with Gasteiger partial charge in [0.1, 0.15) is 36.5 Å². The predicted octanol–water partition coefficient (Wildman–Crippen LogP) is 3.98. The van der Waals surface area contributed by atoms with E-state index >= 15 is 0 Å². The number of carbonyl (C=O) groups is 5. The second kappa shape index (κ2) is 21.8. The minimum Gasteiger partial charge on any atom is -0.497 e. The monoisotopic (exact) mass is 796 g/mol. The first-order valence-corrected chi connectivity index (χ1v) is 19.7. The predicted molar refractivity (Wildman–Crippen MR) is 219 cm³/mol. The molecule has 3 aromatic carbocycles. The fourth-order valence-electron chi connectivity index (χ4n) is 7.21. The first kappa shape index (κ1) is 45.1. The number of hydrogen-bond donors (Lipinski definition) is 4. The maximum atomic E-state index is 14.6. The summed E-state index contributed by atoms with van der Waals surface area (Å²) in [6.07, 6.45) is 0.378. The van der Waals surface area contributed by atoms with E-state index < -0.39 is 41.5 Å². The summed E-state index contributed by atoms with van der Waals surface area (Å²) in [6, 6.07) is 15.5. The smallest absolute Gasteiger partial charge is 0.226 e. The number of methoxy groups -OCH3 is 1. The molecule has 0 aliphatic carbocycles. The number of rotatable bonds is 18. The molecule has 1 aliphatic heterocycles. The Morgan fingerprint density at radius 2 is 1.60 bits per heavy atom. The van der Waals surface area contributed by atoms with Crippen molar-refractivity contribution in [1.29, 1.82) is 5.26 Å². The Kier molecular flexibility index (Phi) is 16.9. The van der Waals surface area contributed by atoms with Gasteiger partial charge in [0, 0.05) is 74.3 Å². The fraction of sp³-hybridized carbons (Fsp3) is 0.455. The van der Waals surface area contributed by atoms with Gasteiger partial charge in [0.15, 0.2) is 17.3 Å². The summed E-state index contributed by atoms with van der Waals surface area (Å²) in [5, 5.41) is 12.0. The third-order valence-corrected chi connectivity index (χ3v) is 10.3. The second-order valence-corrected chi connectivity index (χ2v) is 14.6. The first-order chi connectivity index (χ1) is 27.9. The van der Waals surface area contributed by atoms with Crippen molar-refractivity contribution < 1.29 is 38.2 Å². The van der Waals surface area contributed by atoms with Crippen LogP contribution in [0.5, 0.6) is 17.2 Å². The van der Waals surface area contributed by atoms with Crippen molar-refractivity contribution >= 4 is 29.2 Å². The van der Waals surface area contributed by atoms with E-state index in [0.717, 1.165) is 0 Å². The molecule has 4 rings (SSSR count). The number of carbonyl (C=O) groups excluding carboxylic acids is 5. The maximum absolute atomic E-state index is 14.6. The van der Waals surface area contributed by atoms with Gasteiger partial charge in [-0.2, -0.15) is 5.26 Å². The lowest BCUT2D eigenvalue weighted by atomic mass is 9.87. The van der Waals surface area contributed by atoms with Crippen LogP contribution in [-0.4, -0.2) is 87.1 Å². The van der Waals surface area contributed by atoms with Gasteiger partial charge in [-0.1, -0.05) is 19.1 Å². The zero-order valence-electron chi connectivity index (χ0n) is 33.9. The second-order valence-electron chi connectivity index (χ2n) is 14.6. The summed E-state index contributed by atoms with van der Waals surface area (Å²) in [5.74, 6) is -2.19. The van der Waals surface area contributed by atoms with Crippen LogP contribution in [0.25, 0.3) is 11.1 Å². The maximum Gasteiger partial charge on any atom is 0.226 e. The third kappa shape index (κ3) is 11.5. The van der Waals surface area contributed by atoms with Gasteiger partial charge in [-0.3, -0.25) is 24.0 Å². The number of Topliss-reactive ketones (excluding diaryl/α,β-unsaturated/α-hetero) is 3. The normalized spacial score (nSPS) is 17.2. The van der Waals surface area contributed by atoms with Gasteiger partial charge in [-0.25, -0.2) is 0 Å². The summed E-state index contributed by atoms with van der Waals surface area (Å²) in [6.45, 7) is 4.49. The lowest BCUT2D eigenvalue weighted by Gasteiger charge is -2.32. The van der Waals surface area contributed by atoms with Crippen molar-refractivity contribution in [3.63, 3.8) is 0 Å². The minimum absolute atomic E-state index is 0.0232. The SMILES string of the molecule is COc1ccc(C(=O)C[C@@H](CCCN)C(=O)N(C)[C@@H]2C(=O)C[C@@H](C)C(=O)N[C@H](C(=O)CCC#N)Cc3ccc(OCCN)c(c3)-c3cc2ccc3OCCN)c(C)c1. The van der Waals surface area contributed by atoms with Crippen LogP contribution < -0.4 is 36.7 Å². The van der Waals surface area contributed by atoms with Crippen LogP contribution in [0.4, 0.5) is 0 Å². The number of likely N-dealkylation sites (N-methyl/N-ethyl adjacent to an activating group) is 1. The summed E-state index contributed by atoms with van der Waals surface area (Å²) in [5.41, 5.74) is 20.9. The zero-order chi connectivity index (χ0) is 42.4. The highest BCUT2D eigenvalue weighted by Crippen LogP contribution is 2.41. The Labute approximate surface area is 340 Å². The standard InChI is InChI=1S/C44H56N6O8/c1-27-21-32(56-4)11-12-33(27)38(52)26-31(7-5-15-45)44(55)50(3)42-30-10-14-41(58-20-18-48)35(25-30)34-23-29(9-13-40(34)57-19-17-47)24-36(37(51)8-6-16-46)49-43(54)28(2)22-39(42)53/h9-14,21,23,25,28,31,36,42H,5-8,15,17-20,22,24,26,45,47-48H2,1-4H3,(H,49,54)/t28-,31-,36+,42+/m1/s1. The molecule has 0 aromatic heterocycles. The topological polar surface area (TPSA) is 230 Å². The van der Waals surface area contributed by atoms with Crippen LogP contribution in [-0.2, 0) is 25.6 Å². The number of ether oxygens (including phenoxy) is 3. The van der Waals surface area contributed by atoms with E-state index in [1.807, 2.05) is 12.1 Å². The molecule has 3 aromatic rings. The molecule has 0 spiro atoms. The van der Waals surface area contributed by atoms with Crippen molar-refractivity contribution in [1.82, 2.24) is 10.2 Å². The molecule has 2 amide bonds. The molecule has 4 bridgehead atoms. The number of ketones is 3. The molecule has 0 saturated carbocycles. The van der Waals surface area contributed by atoms with Crippen molar-refractivity contribution in [2.45, 2.75) is 70.9 Å². The molecule has 1 aliphatic rings. The van der Waals surface area contributed by atoms with Gasteiger partial charge in [-0.05, 0) is 91.9 Å². The minimum atomic E-state index is -1.20. The Morgan fingerprint density at radius 1 is 0.931 bits per heavy atom. The van der Waals surface area contributed by atoms with Crippen LogP contribution in [0.15, 0.2) is 54.6 Å². The van der Waals surface area contributed by atoms with E-state index in [0.29, 0.717) is 70.0 Å². The van der Waals surface area contributed by atoms with E-state index in [2.05, 4.69) is 5.32 Å². The summed E-state index contributed by atoms with van der Waals surface area (Å²) < 4.78 is 17.5. The van der Waals surface area contributed by atoms with Crippen LogP contribution in [0.1, 0.15) is 78.5 Å². The molecule has 14 heteroatoms. The van der Waals surface area contributed by atoms with Crippen LogP contribution in [0, 0.1) is 30.1 Å². The van der Waals surface area contributed by atoms with E-state index in [4.69, 9.17) is 31.4 Å². The van der Waals surface area contributed by atoms with Crippen molar-refractivity contribution in [3.8, 4) is 34.4 Å². The van der Waals surface area contributed by atoms with E-state index in [1.165, 1.54) is 11.9 Å². The molecule has 0 fully saturated rings. The summed E-state index contributed by atoms with van der Waals surface area (Å²) in [4.78, 5) is 71.5. The molecule has 1 heterocycles. The Bertz CT molecular complexity index is 1990. The van der Waals surface area contributed by atoms with E-state index in [-0.39, 0.29) is 70.0 Å². The molecular formula is C44H56N6O8. The number of nitrogens with two attached hydrogens (primary N) is 3. The van der Waals surface area contributed by atoms with Crippen molar-refractivity contribution in [2.24, 2.45) is 29.0 Å². The van der Waals surface area contributed by atoms with Crippen LogP contribution in [0.2, 0.25) is 0 Å². The number of nitrogens with zero attached hydrogens (tertiary/aromatic N) is 2. The molecule has 0 saturated heterocycles. The molecule has 7 N–H and O–H groups in total. The average molecular weight is 797 g/mol. The highest BCUT2D eigenvalue weighted by Gasteiger charge is 2.36. The number of benzene rings is 3. The van der Waals surface area contributed by atoms with E-state index in [1.54, 1.807) is 69.5 Å². The zero-order valence-corrected chi connectivity index (χ0v) is 33.9. The largest absolute Gasteiger partial charge is 0.497 e. The molecule has 0 unspecified atom stereocenters. The van der Waals surface area contributed by atoms with Crippen molar-refractivity contribution in [3.05, 3.63) is 76.9 Å². The number of nitriles is 1. The number of amides is 2. The number of fused-ring (bicyclic) bond motifs is 5. The summed E-state index contributed by atoms with van der Waals surface area (Å²) >= 11 is 0. The molecular weight excluding hydrogens is 741 g/mol. The van der Waals surface area contributed by atoms with Crippen molar-refractivity contribution in [2.75, 3.05) is 47.0 Å².